The van der Waals surface area contributed by atoms with Crippen LogP contribution in [0.25, 0.3) is 0 Å². The Labute approximate surface area is 178 Å². The zero-order valence-corrected chi connectivity index (χ0v) is 18.7. The third-order valence-electron chi connectivity index (χ3n) is 3.91. The molecule has 0 spiro atoms. The quantitative estimate of drug-likeness (QED) is 0.161. The number of anilines is 1. The van der Waals surface area contributed by atoms with Gasteiger partial charge in [0, 0.05) is 18.9 Å². The SMILES string of the molecule is CO[C@@H]1[C@H](O)[C@@H](COP(=O)(O)OP(=O)(O)OP(=O)(O)O)O[C@H]1n1cc(CO)c(N)nc1=O. The smallest absolute Gasteiger partial charge is 0.391 e. The Morgan fingerprint density at radius 2 is 1.81 bits per heavy atom. The summed E-state index contributed by atoms with van der Waals surface area (Å²) in [6.07, 6.45) is -4.58. The number of methoxy groups -OCH3 is 1. The normalized spacial score (nSPS) is 27.7. The number of nitrogen functional groups attached to an aromatic ring is 1. The molecule has 0 amide bonds. The van der Waals surface area contributed by atoms with E-state index in [0.29, 0.717) is 0 Å². The Morgan fingerprint density at radius 3 is 2.34 bits per heavy atom. The topological polar surface area (TPSA) is 280 Å². The fourth-order valence-corrected chi connectivity index (χ4v) is 5.66. The number of aliphatic hydroxyl groups is 2. The predicted molar refractivity (Wildman–Crippen MR) is 99.4 cm³/mol. The molecule has 0 radical (unpaired) electrons. The van der Waals surface area contributed by atoms with Crippen molar-refractivity contribution in [2.45, 2.75) is 31.1 Å². The molecule has 1 aromatic heterocycles. The minimum Gasteiger partial charge on any atom is -0.391 e. The average Bonchev–Trinajstić information content (AvgIpc) is 2.92. The summed E-state index contributed by atoms with van der Waals surface area (Å²) in [7, 11) is -15.6. The maximum absolute atomic E-state index is 12.2. The largest absolute Gasteiger partial charge is 0.490 e. The minimum absolute atomic E-state index is 0.0502. The fourth-order valence-electron chi connectivity index (χ4n) is 2.63. The van der Waals surface area contributed by atoms with Crippen LogP contribution in [-0.2, 0) is 42.9 Å². The standard InChI is InChI=1S/C11H20N3O15P3/c1-25-8-7(16)6(4-26-31(21,22)29-32(23,24)28-30(18,19)20)27-10(8)14-2-5(3-15)9(12)13-11(14)17/h2,6-8,10,15-16H,3-4H2,1H3,(H,21,22)(H,23,24)(H2,12,13,17)(H2,18,19,20)/t6-,7-,8-,10-/m1/s1. The van der Waals surface area contributed by atoms with E-state index < -0.39 is 66.9 Å². The molecule has 1 aliphatic heterocycles. The molecule has 2 rings (SSSR count). The van der Waals surface area contributed by atoms with Crippen molar-refractivity contribution in [3.05, 3.63) is 22.2 Å². The van der Waals surface area contributed by atoms with Crippen LogP contribution >= 0.6 is 23.5 Å². The Balaban J connectivity index is 2.16. The molecule has 0 bridgehead atoms. The van der Waals surface area contributed by atoms with E-state index in [-0.39, 0.29) is 11.4 Å². The summed E-state index contributed by atoms with van der Waals surface area (Å²) < 4.78 is 56.7. The summed E-state index contributed by atoms with van der Waals surface area (Å²) in [5, 5.41) is 19.6. The van der Waals surface area contributed by atoms with E-state index in [1.165, 1.54) is 0 Å². The second kappa shape index (κ2) is 10.0. The maximum atomic E-state index is 12.2. The van der Waals surface area contributed by atoms with Gasteiger partial charge in [-0.15, -0.1) is 0 Å². The van der Waals surface area contributed by atoms with Gasteiger partial charge in [-0.05, 0) is 0 Å². The van der Waals surface area contributed by atoms with E-state index in [1.807, 2.05) is 0 Å². The first-order valence-electron chi connectivity index (χ1n) is 8.22. The lowest BCUT2D eigenvalue weighted by Gasteiger charge is -2.21. The molecule has 2 heterocycles. The highest BCUT2D eigenvalue weighted by Crippen LogP contribution is 2.66. The molecular weight excluding hydrogens is 507 g/mol. The van der Waals surface area contributed by atoms with Crippen LogP contribution < -0.4 is 11.4 Å². The molecule has 0 aliphatic carbocycles. The first-order valence-corrected chi connectivity index (χ1v) is 12.7. The molecule has 18 nitrogen and oxygen atoms in total. The third-order valence-corrected chi connectivity index (χ3v) is 7.71. The van der Waals surface area contributed by atoms with Gasteiger partial charge in [0.15, 0.2) is 6.23 Å². The lowest BCUT2D eigenvalue weighted by molar-refractivity contribution is -0.0620. The number of hydrogen-bond donors (Lipinski definition) is 7. The number of hydrogen-bond acceptors (Lipinski definition) is 13. The van der Waals surface area contributed by atoms with Crippen molar-refractivity contribution in [3.63, 3.8) is 0 Å². The summed E-state index contributed by atoms with van der Waals surface area (Å²) in [5.41, 5.74) is 4.62. The highest BCUT2D eigenvalue weighted by Gasteiger charge is 2.47. The van der Waals surface area contributed by atoms with Crippen LogP contribution in [0, 0.1) is 0 Å². The van der Waals surface area contributed by atoms with E-state index in [9.17, 15) is 33.6 Å². The van der Waals surface area contributed by atoms with Gasteiger partial charge in [0.2, 0.25) is 0 Å². The molecule has 0 aromatic carbocycles. The van der Waals surface area contributed by atoms with Crippen LogP contribution in [0.3, 0.4) is 0 Å². The molecule has 6 atom stereocenters. The monoisotopic (exact) mass is 527 g/mol. The Bertz CT molecular complexity index is 1030. The Hall–Kier alpha value is -1.07. The van der Waals surface area contributed by atoms with Gasteiger partial charge in [0.1, 0.15) is 24.1 Å². The second-order valence-electron chi connectivity index (χ2n) is 6.14. The number of phosphoric ester groups is 1. The number of nitrogens with zero attached hydrogens (tertiary/aromatic N) is 2. The maximum Gasteiger partial charge on any atom is 0.490 e. The summed E-state index contributed by atoms with van der Waals surface area (Å²) in [5.74, 6) is -0.245. The molecule has 8 N–H and O–H groups in total. The molecular formula is C11H20N3O15P3. The molecule has 1 aliphatic rings. The zero-order valence-electron chi connectivity index (χ0n) is 16.0. The van der Waals surface area contributed by atoms with Crippen molar-refractivity contribution in [1.29, 1.82) is 0 Å². The fraction of sp³-hybridized carbons (Fsp3) is 0.636. The first kappa shape index (κ1) is 27.2. The summed E-state index contributed by atoms with van der Waals surface area (Å²) >= 11 is 0. The second-order valence-corrected chi connectivity index (χ2v) is 10.6. The first-order chi connectivity index (χ1) is 14.6. The molecule has 1 aromatic rings. The number of ether oxygens (including phenoxy) is 2. The van der Waals surface area contributed by atoms with Gasteiger partial charge >= 0.3 is 29.2 Å². The van der Waals surface area contributed by atoms with Crippen LogP contribution in [0.2, 0.25) is 0 Å². The van der Waals surface area contributed by atoms with Gasteiger partial charge in [-0.2, -0.15) is 13.6 Å². The van der Waals surface area contributed by atoms with Crippen LogP contribution in [0.1, 0.15) is 11.8 Å². The predicted octanol–water partition coefficient (Wildman–Crippen LogP) is -2.07. The average molecular weight is 527 g/mol. The van der Waals surface area contributed by atoms with E-state index in [1.54, 1.807) is 0 Å². The van der Waals surface area contributed by atoms with E-state index in [0.717, 1.165) is 17.9 Å². The van der Waals surface area contributed by atoms with Gasteiger partial charge in [0.25, 0.3) is 0 Å². The molecule has 1 saturated heterocycles. The van der Waals surface area contributed by atoms with Crippen molar-refractivity contribution in [2.24, 2.45) is 0 Å². The van der Waals surface area contributed by atoms with Gasteiger partial charge in [-0.3, -0.25) is 9.09 Å². The Morgan fingerprint density at radius 1 is 1.19 bits per heavy atom. The molecule has 0 saturated carbocycles. The van der Waals surface area contributed by atoms with Crippen LogP contribution in [-0.4, -0.2) is 71.4 Å². The van der Waals surface area contributed by atoms with E-state index in [2.05, 4.69) is 18.1 Å². The van der Waals surface area contributed by atoms with Crippen molar-refractivity contribution >= 4 is 29.3 Å². The Kier molecular flexibility index (Phi) is 8.53. The highest BCUT2D eigenvalue weighted by atomic mass is 31.3. The van der Waals surface area contributed by atoms with Gasteiger partial charge in [-0.1, -0.05) is 0 Å². The number of aliphatic hydroxyl groups excluding tert-OH is 2. The van der Waals surface area contributed by atoms with Gasteiger partial charge in [-0.25, -0.2) is 18.5 Å². The lowest BCUT2D eigenvalue weighted by atomic mass is 10.1. The molecule has 2 unspecified atom stereocenters. The summed E-state index contributed by atoms with van der Waals surface area (Å²) in [6, 6.07) is 0. The van der Waals surface area contributed by atoms with Gasteiger partial charge < -0.3 is 45.0 Å². The van der Waals surface area contributed by atoms with Crippen molar-refractivity contribution in [1.82, 2.24) is 9.55 Å². The zero-order chi connectivity index (χ0) is 24.5. The van der Waals surface area contributed by atoms with Crippen LogP contribution in [0.4, 0.5) is 5.82 Å². The number of nitrogens with two attached hydrogens (primary N) is 1. The van der Waals surface area contributed by atoms with Gasteiger partial charge in [0.05, 0.1) is 13.2 Å². The van der Waals surface area contributed by atoms with Crippen molar-refractivity contribution < 1.29 is 66.1 Å². The number of phosphoric acid groups is 3. The van der Waals surface area contributed by atoms with E-state index in [4.69, 9.17) is 29.9 Å². The van der Waals surface area contributed by atoms with Crippen LogP contribution in [0.5, 0.6) is 0 Å². The van der Waals surface area contributed by atoms with Crippen molar-refractivity contribution in [3.8, 4) is 0 Å². The van der Waals surface area contributed by atoms with Crippen LogP contribution in [0.15, 0.2) is 11.0 Å². The molecule has 21 heteroatoms. The molecule has 32 heavy (non-hydrogen) atoms. The minimum atomic E-state index is -5.73. The van der Waals surface area contributed by atoms with E-state index >= 15 is 0 Å². The number of aromatic nitrogens is 2. The molecule has 1 fully saturated rings. The summed E-state index contributed by atoms with van der Waals surface area (Å²) in [6.45, 7) is -1.56. The third kappa shape index (κ3) is 6.96. The molecule has 184 valence electrons. The summed E-state index contributed by atoms with van der Waals surface area (Å²) in [4.78, 5) is 51.3. The highest BCUT2D eigenvalue weighted by molar-refractivity contribution is 7.66. The van der Waals surface area contributed by atoms with Crippen molar-refractivity contribution in [2.75, 3.05) is 19.5 Å². The lowest BCUT2D eigenvalue weighted by Crippen LogP contribution is -2.38. The number of rotatable bonds is 10.